The van der Waals surface area contributed by atoms with Crippen molar-refractivity contribution in [1.29, 1.82) is 0 Å². The minimum Gasteiger partial charge on any atom is -0.389 e. The summed E-state index contributed by atoms with van der Waals surface area (Å²) in [5.74, 6) is -0.383. The molecule has 2 rings (SSSR count). The van der Waals surface area contributed by atoms with E-state index in [0.29, 0.717) is 21.8 Å². The molecular formula is C13H10ClN3O2S. The summed E-state index contributed by atoms with van der Waals surface area (Å²) < 4.78 is 0. The number of aromatic nitrogens is 1. The maximum absolute atomic E-state index is 12.0. The predicted octanol–water partition coefficient (Wildman–Crippen LogP) is 1.91. The summed E-state index contributed by atoms with van der Waals surface area (Å²) in [4.78, 5) is 25.5. The lowest BCUT2D eigenvalue weighted by atomic mass is 10.2. The molecule has 1 aromatic heterocycles. The quantitative estimate of drug-likeness (QED) is 0.756. The monoisotopic (exact) mass is 307 g/mol. The van der Waals surface area contributed by atoms with E-state index >= 15 is 0 Å². The highest BCUT2D eigenvalue weighted by atomic mass is 35.5. The van der Waals surface area contributed by atoms with Crippen molar-refractivity contribution in [2.45, 2.75) is 0 Å². The number of hydrogen-bond donors (Lipinski definition) is 3. The first-order valence-corrected chi connectivity index (χ1v) is 6.35. The van der Waals surface area contributed by atoms with Crippen molar-refractivity contribution < 1.29 is 4.79 Å². The molecule has 0 aliphatic rings. The van der Waals surface area contributed by atoms with Crippen LogP contribution in [-0.2, 0) is 0 Å². The molecule has 20 heavy (non-hydrogen) atoms. The van der Waals surface area contributed by atoms with Crippen LogP contribution in [0.25, 0.3) is 0 Å². The molecule has 102 valence electrons. The molecule has 0 fully saturated rings. The van der Waals surface area contributed by atoms with Gasteiger partial charge in [-0.1, -0.05) is 23.8 Å². The van der Waals surface area contributed by atoms with Crippen LogP contribution in [0, 0.1) is 0 Å². The fourth-order valence-electron chi connectivity index (χ4n) is 1.52. The van der Waals surface area contributed by atoms with Crippen LogP contribution in [-0.4, -0.2) is 15.9 Å². The summed E-state index contributed by atoms with van der Waals surface area (Å²) in [6.45, 7) is 0. The number of halogens is 1. The van der Waals surface area contributed by atoms with Gasteiger partial charge in [0.25, 0.3) is 5.91 Å². The zero-order valence-corrected chi connectivity index (χ0v) is 11.7. The topological polar surface area (TPSA) is 88.0 Å². The summed E-state index contributed by atoms with van der Waals surface area (Å²) in [5.41, 5.74) is 6.58. The highest BCUT2D eigenvalue weighted by molar-refractivity contribution is 7.80. The standard InChI is InChI=1S/C13H10ClN3O2S/c14-9-5-7(12(15)20)1-3-10(9)17-13(19)8-2-4-11(18)16-6-8/h1-6H,(H2,15,20)(H,16,18)(H,17,19). The van der Waals surface area contributed by atoms with Crippen molar-refractivity contribution in [1.82, 2.24) is 4.98 Å². The van der Waals surface area contributed by atoms with Gasteiger partial charge in [-0.3, -0.25) is 9.59 Å². The Hall–Kier alpha value is -2.18. The zero-order valence-electron chi connectivity index (χ0n) is 10.1. The first kappa shape index (κ1) is 14.2. The Balaban J connectivity index is 2.21. The third-order valence-electron chi connectivity index (χ3n) is 2.55. The Labute approximate surface area is 124 Å². The van der Waals surface area contributed by atoms with E-state index in [1.807, 2.05) is 0 Å². The molecule has 0 saturated heterocycles. The molecule has 0 radical (unpaired) electrons. The van der Waals surface area contributed by atoms with Gasteiger partial charge in [0, 0.05) is 17.8 Å². The van der Waals surface area contributed by atoms with E-state index in [4.69, 9.17) is 29.6 Å². The van der Waals surface area contributed by atoms with Crippen molar-refractivity contribution in [3.63, 3.8) is 0 Å². The van der Waals surface area contributed by atoms with Gasteiger partial charge in [0.05, 0.1) is 16.3 Å². The van der Waals surface area contributed by atoms with E-state index in [2.05, 4.69) is 10.3 Å². The highest BCUT2D eigenvalue weighted by Crippen LogP contribution is 2.23. The third-order valence-corrected chi connectivity index (χ3v) is 3.10. The second-order valence-corrected chi connectivity index (χ2v) is 4.80. The van der Waals surface area contributed by atoms with Gasteiger partial charge in [-0.2, -0.15) is 0 Å². The minimum atomic E-state index is -0.383. The maximum Gasteiger partial charge on any atom is 0.257 e. The fourth-order valence-corrected chi connectivity index (χ4v) is 1.87. The van der Waals surface area contributed by atoms with E-state index in [9.17, 15) is 9.59 Å². The van der Waals surface area contributed by atoms with Gasteiger partial charge in [-0.15, -0.1) is 0 Å². The summed E-state index contributed by atoms with van der Waals surface area (Å²) in [6.07, 6.45) is 1.33. The van der Waals surface area contributed by atoms with E-state index in [-0.39, 0.29) is 16.5 Å². The summed E-state index contributed by atoms with van der Waals surface area (Å²) in [7, 11) is 0. The number of rotatable bonds is 3. The Morgan fingerprint density at radius 1 is 1.25 bits per heavy atom. The smallest absolute Gasteiger partial charge is 0.257 e. The van der Waals surface area contributed by atoms with Crippen molar-refractivity contribution in [3.8, 4) is 0 Å². The largest absolute Gasteiger partial charge is 0.389 e. The van der Waals surface area contributed by atoms with Crippen LogP contribution < -0.4 is 16.6 Å². The molecule has 0 aliphatic carbocycles. The first-order chi connectivity index (χ1) is 9.47. The average molecular weight is 308 g/mol. The van der Waals surface area contributed by atoms with Crippen molar-refractivity contribution in [2.24, 2.45) is 5.73 Å². The van der Waals surface area contributed by atoms with E-state index in [0.717, 1.165) is 0 Å². The number of anilines is 1. The van der Waals surface area contributed by atoms with Crippen LogP contribution in [0.2, 0.25) is 5.02 Å². The lowest BCUT2D eigenvalue weighted by Crippen LogP contribution is -2.15. The molecule has 0 bridgehead atoms. The first-order valence-electron chi connectivity index (χ1n) is 5.57. The molecule has 0 atom stereocenters. The van der Waals surface area contributed by atoms with Gasteiger partial charge < -0.3 is 16.0 Å². The number of amides is 1. The second kappa shape index (κ2) is 5.85. The number of aromatic amines is 1. The Bertz CT molecular complexity index is 722. The van der Waals surface area contributed by atoms with E-state index < -0.39 is 0 Å². The Morgan fingerprint density at radius 3 is 2.50 bits per heavy atom. The molecule has 0 unspecified atom stereocenters. The van der Waals surface area contributed by atoms with Gasteiger partial charge in [-0.05, 0) is 24.3 Å². The molecule has 7 heteroatoms. The van der Waals surface area contributed by atoms with Crippen LogP contribution >= 0.6 is 23.8 Å². The second-order valence-electron chi connectivity index (χ2n) is 3.95. The van der Waals surface area contributed by atoms with Gasteiger partial charge in [0.1, 0.15) is 4.99 Å². The van der Waals surface area contributed by atoms with E-state index in [1.54, 1.807) is 18.2 Å². The van der Waals surface area contributed by atoms with Crippen molar-refractivity contribution in [3.05, 3.63) is 63.0 Å². The molecule has 1 amide bonds. The maximum atomic E-state index is 12.0. The minimum absolute atomic E-state index is 0.227. The fraction of sp³-hybridized carbons (Fsp3) is 0. The number of H-pyrrole nitrogens is 1. The van der Waals surface area contributed by atoms with Gasteiger partial charge >= 0.3 is 0 Å². The van der Waals surface area contributed by atoms with Crippen molar-refractivity contribution in [2.75, 3.05) is 5.32 Å². The average Bonchev–Trinajstić information content (AvgIpc) is 2.41. The van der Waals surface area contributed by atoms with E-state index in [1.165, 1.54) is 18.3 Å². The zero-order chi connectivity index (χ0) is 14.7. The molecule has 4 N–H and O–H groups in total. The number of carbonyl (C=O) groups is 1. The number of pyridine rings is 1. The summed E-state index contributed by atoms with van der Waals surface area (Å²) in [5, 5.41) is 2.96. The summed E-state index contributed by atoms with van der Waals surface area (Å²) in [6, 6.07) is 7.54. The number of carbonyl (C=O) groups excluding carboxylic acids is 1. The SMILES string of the molecule is NC(=S)c1ccc(NC(=O)c2ccc(=O)[nH]c2)c(Cl)c1. The Kier molecular flexibility index (Phi) is 4.16. The van der Waals surface area contributed by atoms with Gasteiger partial charge in [0.2, 0.25) is 5.56 Å². The number of thiocarbonyl (C=S) groups is 1. The molecule has 1 heterocycles. The Morgan fingerprint density at radius 2 is 1.95 bits per heavy atom. The van der Waals surface area contributed by atoms with Gasteiger partial charge in [0.15, 0.2) is 0 Å². The molecule has 0 aliphatic heterocycles. The molecule has 2 aromatic rings. The predicted molar refractivity (Wildman–Crippen MR) is 82.4 cm³/mol. The number of nitrogens with two attached hydrogens (primary N) is 1. The number of benzene rings is 1. The molecule has 0 saturated carbocycles. The van der Waals surface area contributed by atoms with Crippen LogP contribution in [0.15, 0.2) is 41.3 Å². The highest BCUT2D eigenvalue weighted by Gasteiger charge is 2.09. The lowest BCUT2D eigenvalue weighted by Gasteiger charge is -2.08. The molecular weight excluding hydrogens is 298 g/mol. The number of nitrogens with one attached hydrogen (secondary N) is 2. The normalized spacial score (nSPS) is 10.1. The summed E-state index contributed by atoms with van der Waals surface area (Å²) >= 11 is 10.9. The van der Waals surface area contributed by atoms with Crippen LogP contribution in [0.1, 0.15) is 15.9 Å². The van der Waals surface area contributed by atoms with Crippen LogP contribution in [0.4, 0.5) is 5.69 Å². The molecule has 1 aromatic carbocycles. The molecule has 5 nitrogen and oxygen atoms in total. The van der Waals surface area contributed by atoms with Gasteiger partial charge in [-0.25, -0.2) is 0 Å². The number of hydrogen-bond acceptors (Lipinski definition) is 3. The molecule has 0 spiro atoms. The van der Waals surface area contributed by atoms with Crippen LogP contribution in [0.3, 0.4) is 0 Å². The lowest BCUT2D eigenvalue weighted by molar-refractivity contribution is 0.102. The van der Waals surface area contributed by atoms with Crippen molar-refractivity contribution >= 4 is 40.4 Å². The third kappa shape index (κ3) is 3.23. The van der Waals surface area contributed by atoms with Crippen LogP contribution in [0.5, 0.6) is 0 Å².